The Morgan fingerprint density at radius 3 is 2.72 bits per heavy atom. The smallest absolute Gasteiger partial charge is 0.233 e. The summed E-state index contributed by atoms with van der Waals surface area (Å²) < 4.78 is 31.8. The predicted molar refractivity (Wildman–Crippen MR) is 104 cm³/mol. The average molecular weight is 393 g/mol. The molecule has 3 heterocycles. The molecule has 1 N–H and O–H groups in total. The highest BCUT2D eigenvalue weighted by molar-refractivity contribution is 5.95. The Morgan fingerprint density at radius 2 is 1.93 bits per heavy atom. The first-order chi connectivity index (χ1) is 14.0. The van der Waals surface area contributed by atoms with Crippen LogP contribution in [0.2, 0.25) is 0 Å². The van der Waals surface area contributed by atoms with E-state index in [1.165, 1.54) is 12.1 Å². The Morgan fingerprint density at radius 1 is 1.14 bits per heavy atom. The summed E-state index contributed by atoms with van der Waals surface area (Å²) in [5.74, 6) is -1.82. The van der Waals surface area contributed by atoms with E-state index < -0.39 is 17.6 Å². The molecule has 29 heavy (non-hydrogen) atoms. The van der Waals surface area contributed by atoms with Crippen LogP contribution in [-0.2, 0) is 11.8 Å². The summed E-state index contributed by atoms with van der Waals surface area (Å²) in [6.45, 7) is 1.79. The number of benzene rings is 2. The van der Waals surface area contributed by atoms with Gasteiger partial charge in [0.1, 0.15) is 5.82 Å². The highest BCUT2D eigenvalue weighted by Crippen LogP contribution is 2.41. The zero-order valence-electron chi connectivity index (χ0n) is 15.8. The van der Waals surface area contributed by atoms with E-state index >= 15 is 0 Å². The SMILES string of the molecule is Cc1nn(-c2nc3ccccc3n2C)c2c1C(c1cccc(F)c1F)CC(=O)N2. The normalized spacial score (nSPS) is 16.1. The van der Waals surface area contributed by atoms with Crippen LogP contribution in [-0.4, -0.2) is 25.2 Å². The third-order valence-electron chi connectivity index (χ3n) is 5.41. The van der Waals surface area contributed by atoms with Gasteiger partial charge in [0.25, 0.3) is 0 Å². The summed E-state index contributed by atoms with van der Waals surface area (Å²) in [7, 11) is 1.86. The van der Waals surface area contributed by atoms with E-state index in [2.05, 4.69) is 15.4 Å². The molecule has 0 spiro atoms. The lowest BCUT2D eigenvalue weighted by Crippen LogP contribution is -2.26. The summed E-state index contributed by atoms with van der Waals surface area (Å²) in [4.78, 5) is 17.1. The van der Waals surface area contributed by atoms with Crippen LogP contribution in [0.25, 0.3) is 17.0 Å². The van der Waals surface area contributed by atoms with Crippen LogP contribution in [0, 0.1) is 18.6 Å². The maximum atomic E-state index is 14.5. The maximum Gasteiger partial charge on any atom is 0.233 e. The molecule has 1 unspecified atom stereocenters. The van der Waals surface area contributed by atoms with Gasteiger partial charge < -0.3 is 9.88 Å². The number of aryl methyl sites for hydroxylation is 2. The van der Waals surface area contributed by atoms with Crippen molar-refractivity contribution in [2.75, 3.05) is 5.32 Å². The highest BCUT2D eigenvalue weighted by atomic mass is 19.2. The molecule has 0 radical (unpaired) electrons. The molecule has 5 rings (SSSR count). The molecule has 1 aliphatic rings. The molecule has 0 aliphatic carbocycles. The molecule has 8 heteroatoms. The van der Waals surface area contributed by atoms with Gasteiger partial charge >= 0.3 is 0 Å². The van der Waals surface area contributed by atoms with E-state index in [1.807, 2.05) is 35.9 Å². The van der Waals surface area contributed by atoms with Crippen molar-refractivity contribution in [2.24, 2.45) is 7.05 Å². The molecule has 1 atom stereocenters. The van der Waals surface area contributed by atoms with Crippen molar-refractivity contribution in [3.8, 4) is 5.95 Å². The third-order valence-corrected chi connectivity index (χ3v) is 5.41. The minimum atomic E-state index is -0.937. The fourth-order valence-electron chi connectivity index (χ4n) is 4.07. The molecule has 146 valence electrons. The average Bonchev–Trinajstić information content (AvgIpc) is 3.21. The number of rotatable bonds is 2. The van der Waals surface area contributed by atoms with Gasteiger partial charge in [-0.25, -0.2) is 13.8 Å². The number of hydrogen-bond acceptors (Lipinski definition) is 3. The first-order valence-electron chi connectivity index (χ1n) is 9.21. The quantitative estimate of drug-likeness (QED) is 0.563. The van der Waals surface area contributed by atoms with Crippen LogP contribution in [0.5, 0.6) is 0 Å². The lowest BCUT2D eigenvalue weighted by atomic mass is 9.85. The predicted octanol–water partition coefficient (Wildman–Crippen LogP) is 3.82. The van der Waals surface area contributed by atoms with Gasteiger partial charge in [-0.05, 0) is 30.7 Å². The van der Waals surface area contributed by atoms with Gasteiger partial charge in [0.2, 0.25) is 11.9 Å². The fourth-order valence-corrected chi connectivity index (χ4v) is 4.07. The first kappa shape index (κ1) is 17.5. The van der Waals surface area contributed by atoms with Crippen molar-refractivity contribution < 1.29 is 13.6 Å². The molecule has 0 saturated carbocycles. The minimum Gasteiger partial charge on any atom is -0.311 e. The molecule has 6 nitrogen and oxygen atoms in total. The summed E-state index contributed by atoms with van der Waals surface area (Å²) in [5.41, 5.74) is 3.15. The Labute approximate surface area is 164 Å². The van der Waals surface area contributed by atoms with E-state index in [0.717, 1.165) is 17.1 Å². The van der Waals surface area contributed by atoms with Gasteiger partial charge in [0.05, 0.1) is 16.7 Å². The number of nitrogens with zero attached hydrogens (tertiary/aromatic N) is 4. The molecule has 0 saturated heterocycles. The monoisotopic (exact) mass is 393 g/mol. The Hall–Kier alpha value is -3.55. The topological polar surface area (TPSA) is 64.7 Å². The minimum absolute atomic E-state index is 0.0163. The second-order valence-corrected chi connectivity index (χ2v) is 7.17. The van der Waals surface area contributed by atoms with Gasteiger partial charge in [0.15, 0.2) is 11.6 Å². The second-order valence-electron chi connectivity index (χ2n) is 7.17. The Kier molecular flexibility index (Phi) is 3.77. The molecule has 2 aromatic heterocycles. The van der Waals surface area contributed by atoms with E-state index in [1.54, 1.807) is 11.6 Å². The maximum absolute atomic E-state index is 14.5. The van der Waals surface area contributed by atoms with Gasteiger partial charge in [0, 0.05) is 24.9 Å². The van der Waals surface area contributed by atoms with E-state index in [9.17, 15) is 13.6 Å². The number of amides is 1. The van der Waals surface area contributed by atoms with E-state index in [-0.39, 0.29) is 17.9 Å². The summed E-state index contributed by atoms with van der Waals surface area (Å²) in [6.07, 6.45) is 0.0163. The van der Waals surface area contributed by atoms with Crippen LogP contribution >= 0.6 is 0 Å². The number of hydrogen-bond donors (Lipinski definition) is 1. The van der Waals surface area contributed by atoms with Crippen LogP contribution in [0.15, 0.2) is 42.5 Å². The number of carbonyl (C=O) groups excluding carboxylic acids is 1. The van der Waals surface area contributed by atoms with Gasteiger partial charge in [-0.15, -0.1) is 0 Å². The number of anilines is 1. The lowest BCUT2D eigenvalue weighted by Gasteiger charge is -2.24. The number of halogens is 2. The number of fused-ring (bicyclic) bond motifs is 2. The number of nitrogens with one attached hydrogen (secondary N) is 1. The number of para-hydroxylation sites is 2. The highest BCUT2D eigenvalue weighted by Gasteiger charge is 2.35. The van der Waals surface area contributed by atoms with Crippen molar-refractivity contribution in [1.82, 2.24) is 19.3 Å². The van der Waals surface area contributed by atoms with Crippen molar-refractivity contribution in [2.45, 2.75) is 19.3 Å². The molecule has 1 amide bonds. The van der Waals surface area contributed by atoms with Crippen molar-refractivity contribution in [3.63, 3.8) is 0 Å². The van der Waals surface area contributed by atoms with Crippen molar-refractivity contribution in [1.29, 1.82) is 0 Å². The molecule has 0 fully saturated rings. The summed E-state index contributed by atoms with van der Waals surface area (Å²) in [6, 6.07) is 11.7. The number of imidazole rings is 1. The number of carbonyl (C=O) groups is 1. The molecule has 4 aromatic rings. The molecule has 2 aromatic carbocycles. The second kappa shape index (κ2) is 6.23. The van der Waals surface area contributed by atoms with Crippen molar-refractivity contribution in [3.05, 3.63) is 70.9 Å². The molecule has 1 aliphatic heterocycles. The zero-order chi connectivity index (χ0) is 20.3. The van der Waals surface area contributed by atoms with Crippen molar-refractivity contribution >= 4 is 22.8 Å². The van der Waals surface area contributed by atoms with Crippen LogP contribution in [0.3, 0.4) is 0 Å². The molecule has 0 bridgehead atoms. The van der Waals surface area contributed by atoms with Crippen LogP contribution < -0.4 is 5.32 Å². The first-order valence-corrected chi connectivity index (χ1v) is 9.21. The van der Waals surface area contributed by atoms with Crippen LogP contribution in [0.4, 0.5) is 14.6 Å². The van der Waals surface area contributed by atoms with Gasteiger partial charge in [-0.2, -0.15) is 9.78 Å². The third kappa shape index (κ3) is 2.55. The zero-order valence-corrected chi connectivity index (χ0v) is 15.8. The van der Waals surface area contributed by atoms with Crippen LogP contribution in [0.1, 0.15) is 29.2 Å². The van der Waals surface area contributed by atoms with E-state index in [0.29, 0.717) is 23.0 Å². The van der Waals surface area contributed by atoms with Gasteiger partial charge in [-0.1, -0.05) is 24.3 Å². The lowest BCUT2D eigenvalue weighted by molar-refractivity contribution is -0.116. The number of aromatic nitrogens is 4. The largest absolute Gasteiger partial charge is 0.311 e. The Balaban J connectivity index is 1.73. The standard InChI is InChI=1S/C21H17F2N5O/c1-11-18-13(12-6-5-7-14(22)19(12)23)10-17(29)25-20(18)28(26-11)21-24-15-8-3-4-9-16(15)27(21)2/h3-9,13H,10H2,1-2H3,(H,25,29). The molecular formula is C21H17F2N5O. The summed E-state index contributed by atoms with van der Waals surface area (Å²) in [5, 5.41) is 7.43. The van der Waals surface area contributed by atoms with Gasteiger partial charge in [-0.3, -0.25) is 4.79 Å². The fraction of sp³-hybridized carbons (Fsp3) is 0.190. The Bertz CT molecular complexity index is 1290. The summed E-state index contributed by atoms with van der Waals surface area (Å²) >= 11 is 0. The molecular weight excluding hydrogens is 376 g/mol. The van der Waals surface area contributed by atoms with E-state index in [4.69, 9.17) is 0 Å².